The number of halogens is 1. The molecule has 2 N–H and O–H groups in total. The van der Waals surface area contributed by atoms with Crippen molar-refractivity contribution in [3.63, 3.8) is 0 Å². The van der Waals surface area contributed by atoms with Gasteiger partial charge in [0.05, 0.1) is 7.11 Å². The molecular weight excluding hydrogens is 311 g/mol. The number of anilines is 2. The quantitative estimate of drug-likeness (QED) is 0.853. The first-order valence-corrected chi connectivity index (χ1v) is 7.48. The number of ether oxygens (including phenoxy) is 1. The molecule has 0 aliphatic heterocycles. The minimum atomic E-state index is -0.441. The molecule has 0 unspecified atom stereocenters. The number of methoxy groups -OCH3 is 1. The molecule has 0 fully saturated rings. The number of aryl methyl sites for hydroxylation is 1. The van der Waals surface area contributed by atoms with E-state index in [4.69, 9.17) is 4.74 Å². The molecule has 0 aliphatic carbocycles. The molecule has 2 amide bonds. The molecule has 2 aromatic rings. The molecule has 5 nitrogen and oxygen atoms in total. The summed E-state index contributed by atoms with van der Waals surface area (Å²) in [6.45, 7) is 1.43. The fraction of sp³-hybridized carbons (Fsp3) is 0.222. The van der Waals surface area contributed by atoms with Crippen LogP contribution in [-0.2, 0) is 16.0 Å². The Morgan fingerprint density at radius 3 is 2.21 bits per heavy atom. The maximum absolute atomic E-state index is 13.6. The van der Waals surface area contributed by atoms with E-state index in [0.717, 1.165) is 5.56 Å². The van der Waals surface area contributed by atoms with E-state index in [2.05, 4.69) is 10.6 Å². The maximum atomic E-state index is 13.6. The summed E-state index contributed by atoms with van der Waals surface area (Å²) in [7, 11) is 1.41. The molecule has 6 heteroatoms. The van der Waals surface area contributed by atoms with Gasteiger partial charge in [-0.1, -0.05) is 6.07 Å². The van der Waals surface area contributed by atoms with Crippen molar-refractivity contribution in [2.75, 3.05) is 17.7 Å². The van der Waals surface area contributed by atoms with Gasteiger partial charge in [0.1, 0.15) is 0 Å². The fourth-order valence-electron chi connectivity index (χ4n) is 2.19. The van der Waals surface area contributed by atoms with Crippen LogP contribution in [-0.4, -0.2) is 18.9 Å². The van der Waals surface area contributed by atoms with E-state index < -0.39 is 5.82 Å². The zero-order valence-electron chi connectivity index (χ0n) is 13.6. The topological polar surface area (TPSA) is 67.4 Å². The number of rotatable bonds is 6. The monoisotopic (exact) mass is 330 g/mol. The molecule has 0 aliphatic rings. The summed E-state index contributed by atoms with van der Waals surface area (Å²) in [5, 5.41) is 5.41. The first-order chi connectivity index (χ1) is 11.5. The normalized spacial score (nSPS) is 10.1. The number of benzene rings is 2. The van der Waals surface area contributed by atoms with Gasteiger partial charge in [0, 0.05) is 24.7 Å². The van der Waals surface area contributed by atoms with Crippen molar-refractivity contribution in [1.29, 1.82) is 0 Å². The fourth-order valence-corrected chi connectivity index (χ4v) is 2.19. The molecule has 0 heterocycles. The van der Waals surface area contributed by atoms with Crippen molar-refractivity contribution in [1.82, 2.24) is 0 Å². The molecule has 0 spiro atoms. The van der Waals surface area contributed by atoms with Crippen molar-refractivity contribution >= 4 is 23.2 Å². The summed E-state index contributed by atoms with van der Waals surface area (Å²) in [6, 6.07) is 11.5. The van der Waals surface area contributed by atoms with E-state index in [0.29, 0.717) is 17.8 Å². The highest BCUT2D eigenvalue weighted by atomic mass is 19.1. The third-order valence-electron chi connectivity index (χ3n) is 3.35. The van der Waals surface area contributed by atoms with Gasteiger partial charge in [0.25, 0.3) is 0 Å². The first kappa shape index (κ1) is 17.5. The molecule has 24 heavy (non-hydrogen) atoms. The number of hydrogen-bond donors (Lipinski definition) is 2. The van der Waals surface area contributed by atoms with Gasteiger partial charge in [-0.3, -0.25) is 9.59 Å². The second-order valence-corrected chi connectivity index (χ2v) is 5.28. The van der Waals surface area contributed by atoms with Crippen molar-refractivity contribution in [3.8, 4) is 5.75 Å². The number of amides is 2. The van der Waals surface area contributed by atoms with Gasteiger partial charge < -0.3 is 15.4 Å². The third-order valence-corrected chi connectivity index (χ3v) is 3.35. The molecule has 0 saturated carbocycles. The summed E-state index contributed by atoms with van der Waals surface area (Å²) in [5.74, 6) is -0.580. The second kappa shape index (κ2) is 8.10. The lowest BCUT2D eigenvalue weighted by molar-refractivity contribution is -0.116. The summed E-state index contributed by atoms with van der Waals surface area (Å²) in [4.78, 5) is 22.9. The zero-order chi connectivity index (χ0) is 17.5. The predicted molar refractivity (Wildman–Crippen MR) is 90.6 cm³/mol. The lowest BCUT2D eigenvalue weighted by Gasteiger charge is -2.08. The number of carbonyl (C=O) groups excluding carboxylic acids is 2. The van der Waals surface area contributed by atoms with E-state index in [-0.39, 0.29) is 24.0 Å². The lowest BCUT2D eigenvalue weighted by atomic mass is 10.1. The average molecular weight is 330 g/mol. The SMILES string of the molecule is COc1ccc(CCC(=O)Nc2ccc(NC(C)=O)cc2)cc1F. The summed E-state index contributed by atoms with van der Waals surface area (Å²) in [6.07, 6.45) is 0.663. The largest absolute Gasteiger partial charge is 0.494 e. The Balaban J connectivity index is 1.87. The molecule has 0 aromatic heterocycles. The maximum Gasteiger partial charge on any atom is 0.224 e. The highest BCUT2D eigenvalue weighted by Crippen LogP contribution is 2.19. The minimum absolute atomic E-state index is 0.154. The average Bonchev–Trinajstić information content (AvgIpc) is 2.54. The van der Waals surface area contributed by atoms with Crippen LogP contribution in [0.5, 0.6) is 5.75 Å². The van der Waals surface area contributed by atoms with Crippen LogP contribution in [0.4, 0.5) is 15.8 Å². The summed E-state index contributed by atoms with van der Waals surface area (Å²) >= 11 is 0. The molecule has 0 saturated heterocycles. The molecule has 126 valence electrons. The van der Waals surface area contributed by atoms with E-state index in [9.17, 15) is 14.0 Å². The zero-order valence-corrected chi connectivity index (χ0v) is 13.6. The Morgan fingerprint density at radius 2 is 1.67 bits per heavy atom. The van der Waals surface area contributed by atoms with Crippen LogP contribution in [0.25, 0.3) is 0 Å². The molecule has 0 bridgehead atoms. The van der Waals surface area contributed by atoms with Gasteiger partial charge in [0.15, 0.2) is 11.6 Å². The van der Waals surface area contributed by atoms with E-state index in [1.54, 1.807) is 36.4 Å². The Morgan fingerprint density at radius 1 is 1.04 bits per heavy atom. The molecule has 0 atom stereocenters. The number of hydrogen-bond acceptors (Lipinski definition) is 3. The van der Waals surface area contributed by atoms with Gasteiger partial charge in [-0.05, 0) is 48.4 Å². The summed E-state index contributed by atoms with van der Waals surface area (Å²) < 4.78 is 18.5. The lowest BCUT2D eigenvalue weighted by Crippen LogP contribution is -2.12. The van der Waals surface area contributed by atoms with Crippen molar-refractivity contribution in [2.24, 2.45) is 0 Å². The third kappa shape index (κ3) is 5.08. The Hall–Kier alpha value is -2.89. The number of carbonyl (C=O) groups is 2. The highest BCUT2D eigenvalue weighted by molar-refractivity contribution is 5.92. The van der Waals surface area contributed by atoms with Crippen LogP contribution in [0.1, 0.15) is 18.9 Å². The van der Waals surface area contributed by atoms with Crippen LogP contribution < -0.4 is 15.4 Å². The molecular formula is C18H19FN2O3. The molecule has 2 rings (SSSR count). The van der Waals surface area contributed by atoms with E-state index in [1.165, 1.54) is 20.1 Å². The smallest absolute Gasteiger partial charge is 0.224 e. The van der Waals surface area contributed by atoms with Gasteiger partial charge in [-0.25, -0.2) is 4.39 Å². The van der Waals surface area contributed by atoms with Gasteiger partial charge >= 0.3 is 0 Å². The molecule has 0 radical (unpaired) electrons. The standard InChI is InChI=1S/C18H19FN2O3/c1-12(22)20-14-5-7-15(8-6-14)21-18(23)10-4-13-3-9-17(24-2)16(19)11-13/h3,5-9,11H,4,10H2,1-2H3,(H,20,22)(H,21,23). The van der Waals surface area contributed by atoms with Crippen LogP contribution >= 0.6 is 0 Å². The molecule has 2 aromatic carbocycles. The first-order valence-electron chi connectivity index (χ1n) is 7.48. The Kier molecular flexibility index (Phi) is 5.89. The second-order valence-electron chi connectivity index (χ2n) is 5.28. The van der Waals surface area contributed by atoms with Crippen LogP contribution in [0.3, 0.4) is 0 Å². The van der Waals surface area contributed by atoms with E-state index in [1.807, 2.05) is 0 Å². The van der Waals surface area contributed by atoms with Gasteiger partial charge in [-0.2, -0.15) is 0 Å². The van der Waals surface area contributed by atoms with E-state index >= 15 is 0 Å². The summed E-state index contributed by atoms with van der Waals surface area (Å²) in [5.41, 5.74) is 2.02. The van der Waals surface area contributed by atoms with Crippen molar-refractivity contribution < 1.29 is 18.7 Å². The van der Waals surface area contributed by atoms with Gasteiger partial charge in [-0.15, -0.1) is 0 Å². The minimum Gasteiger partial charge on any atom is -0.494 e. The highest BCUT2D eigenvalue weighted by Gasteiger charge is 2.07. The van der Waals surface area contributed by atoms with Crippen LogP contribution in [0.2, 0.25) is 0 Å². The predicted octanol–water partition coefficient (Wildman–Crippen LogP) is 3.36. The van der Waals surface area contributed by atoms with Crippen LogP contribution in [0, 0.1) is 5.82 Å². The Bertz CT molecular complexity index is 730. The van der Waals surface area contributed by atoms with Crippen molar-refractivity contribution in [2.45, 2.75) is 19.8 Å². The van der Waals surface area contributed by atoms with Crippen LogP contribution in [0.15, 0.2) is 42.5 Å². The Labute approximate surface area is 139 Å². The van der Waals surface area contributed by atoms with Crippen molar-refractivity contribution in [3.05, 3.63) is 53.8 Å². The number of nitrogens with one attached hydrogen (secondary N) is 2. The van der Waals surface area contributed by atoms with Gasteiger partial charge in [0.2, 0.25) is 11.8 Å².